The SMILES string of the molecule is O=C(CN1C(=O)[C@@H]2CCCC[C@H]2C1=O)OCC(=O)N1CCNC1=O. The Labute approximate surface area is 138 Å². The molecule has 24 heavy (non-hydrogen) atoms. The minimum atomic E-state index is -0.830. The first-order chi connectivity index (χ1) is 11.5. The molecule has 2 aliphatic heterocycles. The predicted octanol–water partition coefficient (Wildman–Crippen LogP) is -0.743. The van der Waals surface area contributed by atoms with Crippen molar-refractivity contribution in [1.82, 2.24) is 15.1 Å². The van der Waals surface area contributed by atoms with Gasteiger partial charge >= 0.3 is 12.0 Å². The lowest BCUT2D eigenvalue weighted by atomic mass is 9.81. The molecule has 3 rings (SSSR count). The third kappa shape index (κ3) is 2.98. The third-order valence-corrected chi connectivity index (χ3v) is 4.73. The van der Waals surface area contributed by atoms with Crippen LogP contribution in [0.3, 0.4) is 0 Å². The molecular formula is C15H19N3O6. The fourth-order valence-corrected chi connectivity index (χ4v) is 3.49. The van der Waals surface area contributed by atoms with Crippen LogP contribution in [0.15, 0.2) is 0 Å². The van der Waals surface area contributed by atoms with Gasteiger partial charge in [0.05, 0.1) is 11.8 Å². The van der Waals surface area contributed by atoms with E-state index in [1.165, 1.54) is 0 Å². The van der Waals surface area contributed by atoms with Gasteiger partial charge < -0.3 is 10.1 Å². The highest BCUT2D eigenvalue weighted by Gasteiger charge is 2.48. The number of urea groups is 1. The van der Waals surface area contributed by atoms with Gasteiger partial charge in [-0.25, -0.2) is 4.79 Å². The molecule has 1 N–H and O–H groups in total. The van der Waals surface area contributed by atoms with Crippen molar-refractivity contribution in [2.24, 2.45) is 11.8 Å². The van der Waals surface area contributed by atoms with E-state index in [0.717, 1.165) is 22.6 Å². The van der Waals surface area contributed by atoms with E-state index in [4.69, 9.17) is 4.74 Å². The smallest absolute Gasteiger partial charge is 0.326 e. The fourth-order valence-electron chi connectivity index (χ4n) is 3.49. The fraction of sp³-hybridized carbons (Fsp3) is 0.667. The van der Waals surface area contributed by atoms with Crippen LogP contribution in [-0.4, -0.2) is 65.8 Å². The van der Waals surface area contributed by atoms with Gasteiger partial charge in [-0.15, -0.1) is 0 Å². The van der Waals surface area contributed by atoms with Crippen molar-refractivity contribution in [3.05, 3.63) is 0 Å². The van der Waals surface area contributed by atoms with E-state index < -0.39 is 31.1 Å². The molecule has 0 aromatic carbocycles. The van der Waals surface area contributed by atoms with E-state index in [-0.39, 0.29) is 30.2 Å². The van der Waals surface area contributed by atoms with Gasteiger partial charge in [0.15, 0.2) is 6.61 Å². The summed E-state index contributed by atoms with van der Waals surface area (Å²) in [5.74, 6) is -2.77. The van der Waals surface area contributed by atoms with Crippen molar-refractivity contribution in [2.75, 3.05) is 26.2 Å². The maximum absolute atomic E-state index is 12.2. The number of rotatable bonds is 4. The molecule has 130 valence electrons. The van der Waals surface area contributed by atoms with Crippen molar-refractivity contribution >= 4 is 29.7 Å². The minimum absolute atomic E-state index is 0.224. The molecule has 0 bridgehead atoms. The molecule has 2 atom stereocenters. The molecule has 2 saturated heterocycles. The lowest BCUT2D eigenvalue weighted by Crippen LogP contribution is -2.40. The Balaban J connectivity index is 1.51. The van der Waals surface area contributed by atoms with Crippen molar-refractivity contribution in [2.45, 2.75) is 25.7 Å². The van der Waals surface area contributed by atoms with Crippen LogP contribution in [0.1, 0.15) is 25.7 Å². The number of hydrogen-bond donors (Lipinski definition) is 1. The number of carbonyl (C=O) groups excluding carboxylic acids is 5. The number of ether oxygens (including phenoxy) is 1. The number of hydrogen-bond acceptors (Lipinski definition) is 6. The highest BCUT2D eigenvalue weighted by molar-refractivity contribution is 6.07. The van der Waals surface area contributed by atoms with Gasteiger partial charge in [-0.1, -0.05) is 12.8 Å². The summed E-state index contributed by atoms with van der Waals surface area (Å²) < 4.78 is 4.82. The van der Waals surface area contributed by atoms with Gasteiger partial charge in [0.2, 0.25) is 11.8 Å². The Bertz CT molecular complexity index is 580. The second-order valence-corrected chi connectivity index (χ2v) is 6.20. The lowest BCUT2D eigenvalue weighted by molar-refractivity contribution is -0.156. The summed E-state index contributed by atoms with van der Waals surface area (Å²) >= 11 is 0. The number of carbonyl (C=O) groups is 5. The summed E-state index contributed by atoms with van der Waals surface area (Å²) in [4.78, 5) is 61.3. The molecule has 0 unspecified atom stereocenters. The number of likely N-dealkylation sites (tertiary alicyclic amines) is 1. The molecule has 2 heterocycles. The average Bonchev–Trinajstić information content (AvgIpc) is 3.11. The molecule has 3 fully saturated rings. The van der Waals surface area contributed by atoms with Crippen LogP contribution in [0, 0.1) is 11.8 Å². The Hall–Kier alpha value is -2.45. The first kappa shape index (κ1) is 16.4. The number of amides is 5. The summed E-state index contributed by atoms with van der Waals surface area (Å²) in [7, 11) is 0. The summed E-state index contributed by atoms with van der Waals surface area (Å²) in [6.07, 6.45) is 3.16. The molecule has 5 amide bonds. The molecule has 0 radical (unpaired) electrons. The van der Waals surface area contributed by atoms with Crippen LogP contribution in [-0.2, 0) is 23.9 Å². The monoisotopic (exact) mass is 337 g/mol. The minimum Gasteiger partial charge on any atom is -0.454 e. The summed E-state index contributed by atoms with van der Waals surface area (Å²) in [5.41, 5.74) is 0. The molecular weight excluding hydrogens is 318 g/mol. The Morgan fingerprint density at radius 3 is 2.25 bits per heavy atom. The van der Waals surface area contributed by atoms with E-state index in [2.05, 4.69) is 5.32 Å². The maximum Gasteiger partial charge on any atom is 0.326 e. The zero-order valence-electron chi connectivity index (χ0n) is 13.2. The average molecular weight is 337 g/mol. The van der Waals surface area contributed by atoms with Crippen molar-refractivity contribution < 1.29 is 28.7 Å². The molecule has 1 saturated carbocycles. The number of nitrogens with one attached hydrogen (secondary N) is 1. The lowest BCUT2D eigenvalue weighted by Gasteiger charge is -2.19. The van der Waals surface area contributed by atoms with Crippen LogP contribution >= 0.6 is 0 Å². The molecule has 0 aromatic rings. The highest BCUT2D eigenvalue weighted by Crippen LogP contribution is 2.37. The summed E-state index contributed by atoms with van der Waals surface area (Å²) in [6.45, 7) is -0.487. The molecule has 1 aliphatic carbocycles. The molecule has 0 aromatic heterocycles. The van der Waals surface area contributed by atoms with Gasteiger partial charge in [-0.3, -0.25) is 29.0 Å². The van der Waals surface area contributed by atoms with Crippen LogP contribution in [0.4, 0.5) is 4.79 Å². The third-order valence-electron chi connectivity index (χ3n) is 4.73. The first-order valence-electron chi connectivity index (χ1n) is 8.08. The quantitative estimate of drug-likeness (QED) is 0.534. The van der Waals surface area contributed by atoms with Gasteiger partial charge in [0, 0.05) is 13.1 Å². The summed E-state index contributed by atoms with van der Waals surface area (Å²) in [5, 5.41) is 2.47. The van der Waals surface area contributed by atoms with Crippen molar-refractivity contribution in [3.8, 4) is 0 Å². The van der Waals surface area contributed by atoms with E-state index in [1.54, 1.807) is 0 Å². The van der Waals surface area contributed by atoms with Gasteiger partial charge in [0.1, 0.15) is 6.54 Å². The second-order valence-electron chi connectivity index (χ2n) is 6.20. The van der Waals surface area contributed by atoms with Gasteiger partial charge in [-0.2, -0.15) is 0 Å². The van der Waals surface area contributed by atoms with Crippen molar-refractivity contribution in [3.63, 3.8) is 0 Å². The largest absolute Gasteiger partial charge is 0.454 e. The zero-order valence-corrected chi connectivity index (χ0v) is 13.2. The first-order valence-corrected chi connectivity index (χ1v) is 8.08. The number of imide groups is 2. The Morgan fingerprint density at radius 2 is 1.71 bits per heavy atom. The zero-order chi connectivity index (χ0) is 17.3. The van der Waals surface area contributed by atoms with Gasteiger partial charge in [-0.05, 0) is 12.8 Å². The predicted molar refractivity (Wildman–Crippen MR) is 78.2 cm³/mol. The second kappa shape index (κ2) is 6.58. The topological polar surface area (TPSA) is 113 Å². The molecule has 9 heteroatoms. The normalized spacial score (nSPS) is 26.4. The van der Waals surface area contributed by atoms with E-state index in [9.17, 15) is 24.0 Å². The highest BCUT2D eigenvalue weighted by atomic mass is 16.5. The van der Waals surface area contributed by atoms with E-state index in [0.29, 0.717) is 19.4 Å². The number of fused-ring (bicyclic) bond motifs is 1. The van der Waals surface area contributed by atoms with E-state index in [1.807, 2.05) is 0 Å². The number of nitrogens with zero attached hydrogens (tertiary/aromatic N) is 2. The molecule has 0 spiro atoms. The van der Waals surface area contributed by atoms with Crippen molar-refractivity contribution in [1.29, 1.82) is 0 Å². The molecule has 3 aliphatic rings. The van der Waals surface area contributed by atoms with E-state index >= 15 is 0 Å². The Kier molecular flexibility index (Phi) is 4.50. The maximum atomic E-state index is 12.2. The molecule has 9 nitrogen and oxygen atoms in total. The standard InChI is InChI=1S/C15H19N3O6/c19-11(17-6-5-16-15(17)23)8-24-12(20)7-18-13(21)9-3-1-2-4-10(9)14(18)22/h9-10H,1-8H2,(H,16,23)/t9-,10-/m1/s1. The number of esters is 1. The van der Waals surface area contributed by atoms with Crippen LogP contribution in [0.5, 0.6) is 0 Å². The van der Waals surface area contributed by atoms with Crippen LogP contribution < -0.4 is 5.32 Å². The Morgan fingerprint density at radius 1 is 1.08 bits per heavy atom. The summed E-state index contributed by atoms with van der Waals surface area (Å²) in [6, 6.07) is -0.523. The van der Waals surface area contributed by atoms with Crippen LogP contribution in [0.25, 0.3) is 0 Å². The van der Waals surface area contributed by atoms with Gasteiger partial charge in [0.25, 0.3) is 5.91 Å². The van der Waals surface area contributed by atoms with Crippen LogP contribution in [0.2, 0.25) is 0 Å².